The highest BCUT2D eigenvalue weighted by Crippen LogP contribution is 2.64. The van der Waals surface area contributed by atoms with Crippen molar-refractivity contribution in [1.82, 2.24) is 15.5 Å². The number of Topliss-reactive ketones (excluding diaryl/α,β-unsaturated/α-hetero) is 1. The zero-order chi connectivity index (χ0) is 56.5. The number of fused-ring (bicyclic) bond motifs is 5. The molecule has 2 heterocycles. The van der Waals surface area contributed by atoms with Crippen LogP contribution < -0.4 is 10.6 Å². The molecule has 0 aromatic heterocycles. The summed E-state index contributed by atoms with van der Waals surface area (Å²) in [6.07, 6.45) is -10.2. The number of aliphatic hydroxyl groups is 2. The molecule has 11 atom stereocenters. The predicted octanol–water partition coefficient (Wildman–Crippen LogP) is 3.11. The maximum Gasteiger partial charge on any atom is 0.350 e. The Balaban J connectivity index is 1.22. The molecular weight excluding hydrogens is 1010 g/mol. The fourth-order valence-corrected chi connectivity index (χ4v) is 11.7. The van der Waals surface area contributed by atoms with Crippen LogP contribution in [0.1, 0.15) is 99.5 Å². The van der Waals surface area contributed by atoms with Crippen molar-refractivity contribution in [2.24, 2.45) is 16.7 Å². The topological polar surface area (TPSA) is 294 Å². The van der Waals surface area contributed by atoms with E-state index in [0.29, 0.717) is 0 Å². The molecule has 78 heavy (non-hydrogen) atoms. The summed E-state index contributed by atoms with van der Waals surface area (Å²) in [6, 6.07) is 22.0. The molecule has 412 valence electrons. The number of hydrogen-bond acceptors (Lipinski definition) is 18. The van der Waals surface area contributed by atoms with Crippen LogP contribution in [0.5, 0.6) is 0 Å². The maximum absolute atomic E-state index is 15.8. The number of ketones is 1. The molecule has 2 saturated carbocycles. The number of hydrogen-bond donors (Lipinski definition) is 4. The minimum absolute atomic E-state index is 0.0103. The van der Waals surface area contributed by atoms with Crippen LogP contribution in [0.15, 0.2) is 114 Å². The first-order valence-electron chi connectivity index (χ1n) is 25.5. The van der Waals surface area contributed by atoms with Gasteiger partial charge >= 0.3 is 29.8 Å². The number of carbonyl (C=O) groups excluding carboxylic acids is 10. The van der Waals surface area contributed by atoms with Crippen molar-refractivity contribution in [3.05, 3.63) is 131 Å². The zero-order valence-electron chi connectivity index (χ0n) is 43.8. The largest absolute Gasteiger partial charge is 0.455 e. The molecule has 1 saturated heterocycles. The van der Waals surface area contributed by atoms with Crippen LogP contribution in [0.2, 0.25) is 0 Å². The first-order valence-corrected chi connectivity index (χ1v) is 25.5. The van der Waals surface area contributed by atoms with E-state index in [1.165, 1.54) is 52.0 Å². The standard InChI is InChI=1S/C57H61N3O18/c1-31-37(75-53(71)47(45(34-16-10-7-11-17-34)59-51(69)35-18-12-8-13-19-35)76-43(67)25-22-40(64)58-26-27-60-41(65)23-24-42(60)66)29-57(72)50(77-52(70)36-20-14-9-15-21-36)48-55(6,38(63)28-39-56(48,30-73-39)78-33(3)62)49(68)46(74-32(2)61)44(31)54(57,4)5/h7-21,23-24,37-39,45-48,50,63,72H,22,25-30H2,1-6H3,(H,58,64)(H,59,69)/t37-,38-,39+,45-,46+,47+,48-,50-,55+,56?,57+/m0/s1. The lowest BCUT2D eigenvalue weighted by Crippen LogP contribution is -2.82. The van der Waals surface area contributed by atoms with Gasteiger partial charge in [0, 0.05) is 69.3 Å². The van der Waals surface area contributed by atoms with Gasteiger partial charge in [0.1, 0.15) is 30.0 Å². The van der Waals surface area contributed by atoms with E-state index in [4.69, 9.17) is 28.4 Å². The molecule has 0 radical (unpaired) electrons. The fourth-order valence-electron chi connectivity index (χ4n) is 11.7. The number of rotatable bonds is 17. The van der Waals surface area contributed by atoms with Crippen molar-refractivity contribution in [2.45, 2.75) is 121 Å². The van der Waals surface area contributed by atoms with Gasteiger partial charge in [0.2, 0.25) is 12.0 Å². The molecule has 21 heteroatoms. The fraction of sp³-hybridized carbons (Fsp3) is 0.439. The van der Waals surface area contributed by atoms with Crippen LogP contribution in [0.4, 0.5) is 0 Å². The quantitative estimate of drug-likeness (QED) is 0.0654. The van der Waals surface area contributed by atoms with Gasteiger partial charge in [-0.15, -0.1) is 0 Å². The van der Waals surface area contributed by atoms with Crippen LogP contribution in [-0.4, -0.2) is 142 Å². The number of carbonyl (C=O) groups is 10. The summed E-state index contributed by atoms with van der Waals surface area (Å²) in [7, 11) is 0. The Hall–Kier alpha value is -7.88. The number of nitrogens with one attached hydrogen (secondary N) is 2. The molecule has 21 nitrogen and oxygen atoms in total. The molecule has 2 bridgehead atoms. The lowest BCUT2D eigenvalue weighted by molar-refractivity contribution is -0.346. The predicted molar refractivity (Wildman–Crippen MR) is 270 cm³/mol. The van der Waals surface area contributed by atoms with E-state index in [2.05, 4.69) is 10.6 Å². The number of benzene rings is 3. The Bertz CT molecular complexity index is 2940. The normalized spacial score (nSPS) is 28.5. The Morgan fingerprint density at radius 2 is 1.40 bits per heavy atom. The minimum Gasteiger partial charge on any atom is -0.455 e. The van der Waals surface area contributed by atoms with Crippen LogP contribution in [0, 0.1) is 16.7 Å². The van der Waals surface area contributed by atoms with Gasteiger partial charge in [0.05, 0.1) is 36.0 Å². The first kappa shape index (κ1) is 56.3. The van der Waals surface area contributed by atoms with Crippen molar-refractivity contribution >= 4 is 59.3 Å². The Morgan fingerprint density at radius 3 is 1.97 bits per heavy atom. The van der Waals surface area contributed by atoms with Gasteiger partial charge in [-0.3, -0.25) is 43.3 Å². The highest BCUT2D eigenvalue weighted by molar-refractivity contribution is 6.13. The number of esters is 5. The molecule has 3 aromatic carbocycles. The molecule has 5 aliphatic rings. The van der Waals surface area contributed by atoms with Crippen LogP contribution in [0.25, 0.3) is 0 Å². The van der Waals surface area contributed by atoms with Gasteiger partial charge < -0.3 is 49.3 Å². The van der Waals surface area contributed by atoms with E-state index in [9.17, 15) is 48.6 Å². The Labute approximate surface area is 448 Å². The lowest BCUT2D eigenvalue weighted by atomic mass is 9.44. The number of aliphatic hydroxyl groups excluding tert-OH is 1. The summed E-state index contributed by atoms with van der Waals surface area (Å²) in [5.41, 5.74) is -7.94. The third kappa shape index (κ3) is 10.5. The van der Waals surface area contributed by atoms with E-state index in [0.717, 1.165) is 30.9 Å². The SMILES string of the molecule is CC(=O)O[C@H]1C(=O)[C@@]2(C)[C@H]([C@H](OC(=O)c3ccccc3)[C@]3(O)C[C@H](OC(=O)[C@H](OC(=O)CCC(=O)NCCN4C(=O)C=CC4=O)[C@@H](NC(=O)c4ccccc4)c4ccccc4)C(C)=C1C3(C)C)C1(OC(C)=O)CO[C@@H]1C[C@@H]2O. The second-order valence-corrected chi connectivity index (χ2v) is 20.8. The van der Waals surface area contributed by atoms with Crippen molar-refractivity contribution in [1.29, 1.82) is 0 Å². The summed E-state index contributed by atoms with van der Waals surface area (Å²) >= 11 is 0. The summed E-state index contributed by atoms with van der Waals surface area (Å²) in [5.74, 6) is -10.3. The summed E-state index contributed by atoms with van der Waals surface area (Å²) in [4.78, 5) is 138. The molecule has 3 fully saturated rings. The minimum atomic E-state index is -2.53. The van der Waals surface area contributed by atoms with Gasteiger partial charge in [-0.25, -0.2) is 9.59 Å². The van der Waals surface area contributed by atoms with E-state index in [1.807, 2.05) is 0 Å². The van der Waals surface area contributed by atoms with Gasteiger partial charge in [0.25, 0.3) is 17.7 Å². The number of amides is 4. The smallest absolute Gasteiger partial charge is 0.350 e. The second kappa shape index (κ2) is 22.2. The second-order valence-electron chi connectivity index (χ2n) is 20.8. The van der Waals surface area contributed by atoms with E-state index in [-0.39, 0.29) is 54.0 Å². The van der Waals surface area contributed by atoms with Crippen molar-refractivity contribution in [2.75, 3.05) is 19.7 Å². The van der Waals surface area contributed by atoms with Gasteiger partial charge in [-0.2, -0.15) is 0 Å². The summed E-state index contributed by atoms with van der Waals surface area (Å²) in [6.45, 7) is 7.36. The molecule has 0 spiro atoms. The molecular formula is C57H61N3O18. The number of imide groups is 1. The molecule has 4 amide bonds. The van der Waals surface area contributed by atoms with Crippen molar-refractivity contribution in [3.63, 3.8) is 0 Å². The lowest BCUT2D eigenvalue weighted by Gasteiger charge is -2.67. The summed E-state index contributed by atoms with van der Waals surface area (Å²) < 4.78 is 36.7. The third-order valence-corrected chi connectivity index (χ3v) is 15.8. The molecule has 4 N–H and O–H groups in total. The summed E-state index contributed by atoms with van der Waals surface area (Å²) in [5, 5.41) is 31.5. The molecule has 8 rings (SSSR count). The van der Waals surface area contributed by atoms with Crippen molar-refractivity contribution < 1.29 is 86.6 Å². The number of nitrogens with zero attached hydrogens (tertiary/aromatic N) is 1. The Morgan fingerprint density at radius 1 is 0.795 bits per heavy atom. The van der Waals surface area contributed by atoms with Gasteiger partial charge in [-0.05, 0) is 54.8 Å². The van der Waals surface area contributed by atoms with E-state index in [1.54, 1.807) is 66.7 Å². The Kier molecular flexibility index (Phi) is 16.1. The van der Waals surface area contributed by atoms with E-state index < -0.39 is 149 Å². The number of ether oxygens (including phenoxy) is 6. The highest BCUT2D eigenvalue weighted by atomic mass is 16.6. The molecule has 3 aliphatic carbocycles. The molecule has 1 unspecified atom stereocenters. The van der Waals surface area contributed by atoms with Crippen LogP contribution >= 0.6 is 0 Å². The van der Waals surface area contributed by atoms with Gasteiger partial charge in [0.15, 0.2) is 17.5 Å². The average Bonchev–Trinajstić information content (AvgIpc) is 3.28. The zero-order valence-corrected chi connectivity index (χ0v) is 43.8. The highest BCUT2D eigenvalue weighted by Gasteiger charge is 2.78. The molecule has 2 aliphatic heterocycles. The van der Waals surface area contributed by atoms with Crippen LogP contribution in [0.3, 0.4) is 0 Å². The monoisotopic (exact) mass is 1080 g/mol. The van der Waals surface area contributed by atoms with Crippen LogP contribution in [-0.2, 0) is 66.8 Å². The van der Waals surface area contributed by atoms with E-state index >= 15 is 9.59 Å². The molecule has 3 aromatic rings. The maximum atomic E-state index is 15.8. The van der Waals surface area contributed by atoms with Gasteiger partial charge in [-0.1, -0.05) is 80.6 Å². The van der Waals surface area contributed by atoms with Crippen molar-refractivity contribution in [3.8, 4) is 0 Å². The third-order valence-electron chi connectivity index (χ3n) is 15.8. The first-order chi connectivity index (χ1) is 36.9. The average molecular weight is 1080 g/mol.